The normalized spacial score (nSPS) is 11.1. The SMILES string of the molecule is CC(OC(=O)Oc1ccccc1)N(CC#N)c1ccccc1. The Labute approximate surface area is 129 Å². The number of benzene rings is 2. The minimum atomic E-state index is -0.808. The van der Waals surface area contributed by atoms with Crippen LogP contribution in [-0.2, 0) is 4.74 Å². The van der Waals surface area contributed by atoms with Gasteiger partial charge in [0.1, 0.15) is 12.3 Å². The van der Waals surface area contributed by atoms with Crippen LogP contribution in [0.3, 0.4) is 0 Å². The number of anilines is 1. The van der Waals surface area contributed by atoms with E-state index in [-0.39, 0.29) is 6.54 Å². The molecular formula is C17H16N2O3. The molecule has 0 saturated carbocycles. The van der Waals surface area contributed by atoms with Crippen molar-refractivity contribution in [1.29, 1.82) is 5.26 Å². The zero-order valence-corrected chi connectivity index (χ0v) is 12.2. The van der Waals surface area contributed by atoms with Crippen LogP contribution in [0, 0.1) is 11.3 Å². The highest BCUT2D eigenvalue weighted by molar-refractivity contribution is 5.64. The van der Waals surface area contributed by atoms with Crippen molar-refractivity contribution in [3.63, 3.8) is 0 Å². The lowest BCUT2D eigenvalue weighted by Crippen LogP contribution is -2.37. The van der Waals surface area contributed by atoms with Crippen molar-refractivity contribution >= 4 is 11.8 Å². The fourth-order valence-corrected chi connectivity index (χ4v) is 1.94. The zero-order valence-electron chi connectivity index (χ0n) is 12.2. The van der Waals surface area contributed by atoms with E-state index < -0.39 is 12.4 Å². The van der Waals surface area contributed by atoms with Crippen LogP contribution in [0.5, 0.6) is 5.75 Å². The lowest BCUT2D eigenvalue weighted by Gasteiger charge is -2.27. The first kappa shape index (κ1) is 15.4. The predicted molar refractivity (Wildman–Crippen MR) is 82.4 cm³/mol. The zero-order chi connectivity index (χ0) is 15.8. The lowest BCUT2D eigenvalue weighted by atomic mass is 10.3. The molecule has 112 valence electrons. The van der Waals surface area contributed by atoms with Crippen LogP contribution in [0.2, 0.25) is 0 Å². The summed E-state index contributed by atoms with van der Waals surface area (Å²) >= 11 is 0. The molecule has 0 aliphatic heterocycles. The van der Waals surface area contributed by atoms with Gasteiger partial charge >= 0.3 is 6.16 Å². The van der Waals surface area contributed by atoms with Crippen molar-refractivity contribution in [2.75, 3.05) is 11.4 Å². The molecule has 0 spiro atoms. The molecule has 2 rings (SSSR count). The van der Waals surface area contributed by atoms with Gasteiger partial charge in [-0.15, -0.1) is 0 Å². The summed E-state index contributed by atoms with van der Waals surface area (Å²) in [5.41, 5.74) is 0.795. The standard InChI is InChI=1S/C17H16N2O3/c1-14(19(13-12-18)15-8-4-2-5-9-15)21-17(20)22-16-10-6-3-7-11-16/h2-11,14H,13H2,1H3. The van der Waals surface area contributed by atoms with Gasteiger partial charge in [0, 0.05) is 5.69 Å². The Morgan fingerprint density at radius 3 is 2.32 bits per heavy atom. The average Bonchev–Trinajstić information content (AvgIpc) is 2.54. The molecule has 0 bridgehead atoms. The van der Waals surface area contributed by atoms with Gasteiger partial charge in [0.25, 0.3) is 0 Å². The van der Waals surface area contributed by atoms with Crippen molar-refractivity contribution in [3.05, 3.63) is 60.7 Å². The summed E-state index contributed by atoms with van der Waals surface area (Å²) in [5.74, 6) is 0.409. The molecule has 0 radical (unpaired) electrons. The van der Waals surface area contributed by atoms with E-state index in [4.69, 9.17) is 14.7 Å². The Morgan fingerprint density at radius 2 is 1.73 bits per heavy atom. The monoisotopic (exact) mass is 296 g/mol. The molecule has 1 unspecified atom stereocenters. The minimum Gasteiger partial charge on any atom is -0.410 e. The van der Waals surface area contributed by atoms with Crippen molar-refractivity contribution in [2.45, 2.75) is 13.2 Å². The fourth-order valence-electron chi connectivity index (χ4n) is 1.94. The highest BCUT2D eigenvalue weighted by atomic mass is 16.7. The molecule has 0 fully saturated rings. The molecule has 2 aromatic carbocycles. The molecule has 0 heterocycles. The van der Waals surface area contributed by atoms with Crippen LogP contribution >= 0.6 is 0 Å². The summed E-state index contributed by atoms with van der Waals surface area (Å²) in [6.07, 6.45) is -1.43. The Balaban J connectivity index is 2.01. The van der Waals surface area contributed by atoms with E-state index in [1.807, 2.05) is 36.4 Å². The van der Waals surface area contributed by atoms with Crippen LogP contribution in [-0.4, -0.2) is 18.9 Å². The van der Waals surface area contributed by atoms with Gasteiger partial charge in [-0.2, -0.15) is 5.26 Å². The third-order valence-electron chi connectivity index (χ3n) is 2.98. The molecule has 0 aliphatic carbocycles. The van der Waals surface area contributed by atoms with Crippen LogP contribution in [0.1, 0.15) is 6.92 Å². The molecular weight excluding hydrogens is 280 g/mol. The van der Waals surface area contributed by atoms with Gasteiger partial charge in [-0.05, 0) is 31.2 Å². The lowest BCUT2D eigenvalue weighted by molar-refractivity contribution is 0.0651. The van der Waals surface area contributed by atoms with E-state index in [1.54, 1.807) is 36.1 Å². The number of ether oxygens (including phenoxy) is 2. The predicted octanol–water partition coefficient (Wildman–Crippen LogP) is 3.58. The fraction of sp³-hybridized carbons (Fsp3) is 0.176. The molecule has 22 heavy (non-hydrogen) atoms. The summed E-state index contributed by atoms with van der Waals surface area (Å²) in [7, 11) is 0. The van der Waals surface area contributed by atoms with Gasteiger partial charge in [-0.25, -0.2) is 4.79 Å². The first-order chi connectivity index (χ1) is 10.7. The van der Waals surface area contributed by atoms with Gasteiger partial charge in [-0.1, -0.05) is 36.4 Å². The Kier molecular flexibility index (Phi) is 5.38. The van der Waals surface area contributed by atoms with E-state index in [0.29, 0.717) is 5.75 Å². The van der Waals surface area contributed by atoms with Crippen molar-refractivity contribution in [3.8, 4) is 11.8 Å². The second kappa shape index (κ2) is 7.70. The maximum atomic E-state index is 11.8. The number of para-hydroxylation sites is 2. The van der Waals surface area contributed by atoms with E-state index >= 15 is 0 Å². The number of nitrogens with zero attached hydrogens (tertiary/aromatic N) is 2. The summed E-state index contributed by atoms with van der Waals surface area (Å²) < 4.78 is 10.3. The smallest absolute Gasteiger partial charge is 0.410 e. The molecule has 5 nitrogen and oxygen atoms in total. The summed E-state index contributed by atoms with van der Waals surface area (Å²) in [6.45, 7) is 1.79. The maximum Gasteiger partial charge on any atom is 0.515 e. The van der Waals surface area contributed by atoms with Crippen molar-refractivity contribution < 1.29 is 14.3 Å². The number of hydrogen-bond acceptors (Lipinski definition) is 5. The first-order valence-corrected chi connectivity index (χ1v) is 6.83. The Bertz CT molecular complexity index is 638. The molecule has 0 amide bonds. The molecule has 0 aromatic heterocycles. The van der Waals surface area contributed by atoms with Gasteiger partial charge in [0.05, 0.1) is 6.07 Å². The molecule has 0 N–H and O–H groups in total. The number of carbonyl (C=O) groups is 1. The first-order valence-electron chi connectivity index (χ1n) is 6.83. The minimum absolute atomic E-state index is 0.101. The third-order valence-corrected chi connectivity index (χ3v) is 2.98. The second-order valence-electron chi connectivity index (χ2n) is 4.50. The number of hydrogen-bond donors (Lipinski definition) is 0. The van der Waals surface area contributed by atoms with Crippen molar-refractivity contribution in [1.82, 2.24) is 0 Å². The highest BCUT2D eigenvalue weighted by Gasteiger charge is 2.19. The number of nitriles is 1. The largest absolute Gasteiger partial charge is 0.515 e. The summed E-state index contributed by atoms with van der Waals surface area (Å²) in [5, 5.41) is 8.95. The topological polar surface area (TPSA) is 62.6 Å². The number of carbonyl (C=O) groups excluding carboxylic acids is 1. The van der Waals surface area contributed by atoms with E-state index in [2.05, 4.69) is 6.07 Å². The highest BCUT2D eigenvalue weighted by Crippen LogP contribution is 2.17. The third kappa shape index (κ3) is 4.25. The maximum absolute atomic E-state index is 11.8. The molecule has 2 aromatic rings. The number of rotatable bonds is 5. The van der Waals surface area contributed by atoms with E-state index in [0.717, 1.165) is 5.69 Å². The molecule has 1 atom stereocenters. The van der Waals surface area contributed by atoms with Crippen LogP contribution in [0.15, 0.2) is 60.7 Å². The van der Waals surface area contributed by atoms with Gasteiger partial charge < -0.3 is 14.4 Å². The van der Waals surface area contributed by atoms with Crippen LogP contribution in [0.4, 0.5) is 10.5 Å². The Hall–Kier alpha value is -3.00. The second-order valence-corrected chi connectivity index (χ2v) is 4.50. The molecule has 5 heteroatoms. The molecule has 0 aliphatic rings. The van der Waals surface area contributed by atoms with Gasteiger partial charge in [0.15, 0.2) is 6.23 Å². The van der Waals surface area contributed by atoms with Crippen molar-refractivity contribution in [2.24, 2.45) is 0 Å². The van der Waals surface area contributed by atoms with Gasteiger partial charge in [-0.3, -0.25) is 0 Å². The molecule has 0 saturated heterocycles. The average molecular weight is 296 g/mol. The quantitative estimate of drug-likeness (QED) is 0.365. The van der Waals surface area contributed by atoms with E-state index in [1.165, 1.54) is 0 Å². The summed E-state index contributed by atoms with van der Waals surface area (Å²) in [6, 6.07) is 20.0. The summed E-state index contributed by atoms with van der Waals surface area (Å²) in [4.78, 5) is 13.5. The van der Waals surface area contributed by atoms with Crippen LogP contribution in [0.25, 0.3) is 0 Å². The Morgan fingerprint density at radius 1 is 1.14 bits per heavy atom. The van der Waals surface area contributed by atoms with E-state index in [9.17, 15) is 4.79 Å². The van der Waals surface area contributed by atoms with Gasteiger partial charge in [0.2, 0.25) is 0 Å². The van der Waals surface area contributed by atoms with Crippen LogP contribution < -0.4 is 9.64 Å².